The Morgan fingerprint density at radius 2 is 1.97 bits per heavy atom. The zero-order chi connectivity index (χ0) is 21.9. The van der Waals surface area contributed by atoms with Gasteiger partial charge in [0.15, 0.2) is 0 Å². The molecule has 0 saturated heterocycles. The number of amides is 1. The Balaban J connectivity index is 1.47. The second-order valence-corrected chi connectivity index (χ2v) is 7.95. The Hall–Kier alpha value is -3.49. The van der Waals surface area contributed by atoms with E-state index in [2.05, 4.69) is 10.2 Å². The molecule has 1 aromatic heterocycles. The lowest BCUT2D eigenvalue weighted by atomic mass is 9.99. The minimum absolute atomic E-state index is 0.0780. The van der Waals surface area contributed by atoms with Crippen LogP contribution in [0.25, 0.3) is 0 Å². The van der Waals surface area contributed by atoms with Crippen LogP contribution >= 0.6 is 0 Å². The highest BCUT2D eigenvalue weighted by Gasteiger charge is 2.43. The van der Waals surface area contributed by atoms with E-state index in [0.717, 1.165) is 23.9 Å². The minimum Gasteiger partial charge on any atom is -0.320 e. The van der Waals surface area contributed by atoms with E-state index in [1.165, 1.54) is 11.0 Å². The summed E-state index contributed by atoms with van der Waals surface area (Å²) in [7, 11) is 1.88. The molecule has 2 aromatic carbocycles. The molecular weight excluding hydrogens is 409 g/mol. The van der Waals surface area contributed by atoms with Crippen LogP contribution in [0.3, 0.4) is 0 Å². The first-order valence-electron chi connectivity index (χ1n) is 9.73. The molecule has 6 nitrogen and oxygen atoms in total. The second kappa shape index (κ2) is 6.76. The van der Waals surface area contributed by atoms with Gasteiger partial charge in [-0.05, 0) is 47.7 Å². The maximum Gasteiger partial charge on any atom is 0.416 e. The fraction of sp³-hybridized carbons (Fsp3) is 0.273. The molecule has 2 heterocycles. The van der Waals surface area contributed by atoms with Gasteiger partial charge >= 0.3 is 6.18 Å². The first-order chi connectivity index (χ1) is 14.8. The average molecular weight is 426 g/mol. The molecule has 0 spiro atoms. The molecule has 158 valence electrons. The minimum atomic E-state index is -4.65. The second-order valence-electron chi connectivity index (χ2n) is 7.95. The van der Waals surface area contributed by atoms with Gasteiger partial charge in [-0.25, -0.2) is 0 Å². The number of aldehydes is 1. The molecule has 1 amide bonds. The number of benzene rings is 2. The van der Waals surface area contributed by atoms with E-state index in [0.29, 0.717) is 12.0 Å². The monoisotopic (exact) mass is 426 g/mol. The zero-order valence-corrected chi connectivity index (χ0v) is 16.4. The zero-order valence-electron chi connectivity index (χ0n) is 16.4. The van der Waals surface area contributed by atoms with Crippen LogP contribution in [-0.2, 0) is 19.8 Å². The lowest BCUT2D eigenvalue weighted by molar-refractivity contribution is -0.138. The van der Waals surface area contributed by atoms with Gasteiger partial charge in [-0.1, -0.05) is 12.1 Å². The van der Waals surface area contributed by atoms with Gasteiger partial charge in [0.25, 0.3) is 5.91 Å². The van der Waals surface area contributed by atoms with Gasteiger partial charge in [-0.3, -0.25) is 9.59 Å². The van der Waals surface area contributed by atoms with Gasteiger partial charge in [0.2, 0.25) is 0 Å². The summed E-state index contributed by atoms with van der Waals surface area (Å²) in [6, 6.07) is 9.33. The van der Waals surface area contributed by atoms with Crippen LogP contribution in [0.15, 0.2) is 42.7 Å². The van der Waals surface area contributed by atoms with Crippen molar-refractivity contribution in [3.8, 4) is 0 Å². The van der Waals surface area contributed by atoms with Gasteiger partial charge in [0.1, 0.15) is 18.4 Å². The highest BCUT2D eigenvalue weighted by molar-refractivity contribution is 6.11. The number of aryl methyl sites for hydroxylation is 1. The molecular formula is C22H17F3N4O2. The third-order valence-electron chi connectivity index (χ3n) is 5.98. The normalized spacial score (nSPS) is 20.1. The number of carbonyl (C=O) groups excluding carboxylic acids is 2. The molecule has 1 aliphatic heterocycles. The van der Waals surface area contributed by atoms with Crippen LogP contribution in [0, 0.1) is 0 Å². The fourth-order valence-electron chi connectivity index (χ4n) is 4.36. The molecule has 31 heavy (non-hydrogen) atoms. The van der Waals surface area contributed by atoms with E-state index in [1.54, 1.807) is 18.5 Å². The van der Waals surface area contributed by atoms with Crippen molar-refractivity contribution in [1.29, 1.82) is 0 Å². The van der Waals surface area contributed by atoms with Crippen LogP contribution in [0.1, 0.15) is 61.5 Å². The SMILES string of the molecule is Cn1cnnc1[C@@H]1C[C@@H]1c1cccc(N2Cc3c(cc(C=O)cc3C(F)(F)F)C2=O)c1. The Morgan fingerprint density at radius 1 is 1.16 bits per heavy atom. The quantitative estimate of drug-likeness (QED) is 0.590. The smallest absolute Gasteiger partial charge is 0.320 e. The van der Waals surface area contributed by atoms with Gasteiger partial charge in [-0.15, -0.1) is 10.2 Å². The number of hydrogen-bond acceptors (Lipinski definition) is 4. The number of halogens is 3. The third-order valence-corrected chi connectivity index (χ3v) is 5.98. The Kier molecular flexibility index (Phi) is 4.25. The van der Waals surface area contributed by atoms with Gasteiger partial charge in [0, 0.05) is 29.8 Å². The van der Waals surface area contributed by atoms with Gasteiger partial charge in [0.05, 0.1) is 12.1 Å². The molecule has 2 atom stereocenters. The van der Waals surface area contributed by atoms with Crippen molar-refractivity contribution in [3.63, 3.8) is 0 Å². The van der Waals surface area contributed by atoms with Crippen molar-refractivity contribution in [2.45, 2.75) is 31.0 Å². The van der Waals surface area contributed by atoms with Gasteiger partial charge in [-0.2, -0.15) is 13.2 Å². The summed E-state index contributed by atoms with van der Waals surface area (Å²) in [4.78, 5) is 25.4. The Labute approximate surface area is 175 Å². The third kappa shape index (κ3) is 3.20. The van der Waals surface area contributed by atoms with Crippen LogP contribution in [0.2, 0.25) is 0 Å². The number of rotatable bonds is 4. The van der Waals surface area contributed by atoms with Gasteiger partial charge < -0.3 is 9.47 Å². The summed E-state index contributed by atoms with van der Waals surface area (Å²) in [5.74, 6) is 0.787. The summed E-state index contributed by atoms with van der Waals surface area (Å²) in [5.41, 5.74) is 0.243. The highest BCUT2D eigenvalue weighted by atomic mass is 19.4. The maximum atomic E-state index is 13.5. The van der Waals surface area contributed by atoms with Crippen molar-refractivity contribution in [2.24, 2.45) is 7.05 Å². The topological polar surface area (TPSA) is 68.1 Å². The number of anilines is 1. The first-order valence-corrected chi connectivity index (χ1v) is 9.73. The fourth-order valence-corrected chi connectivity index (χ4v) is 4.36. The number of carbonyl (C=O) groups is 2. The van der Waals surface area contributed by atoms with Crippen LogP contribution in [-0.4, -0.2) is 27.0 Å². The summed E-state index contributed by atoms with van der Waals surface area (Å²) in [6.07, 6.45) is -1.79. The number of hydrogen-bond donors (Lipinski definition) is 0. The number of aromatic nitrogens is 3. The molecule has 1 fully saturated rings. The molecule has 9 heteroatoms. The van der Waals surface area contributed by atoms with Crippen molar-refractivity contribution in [2.75, 3.05) is 4.90 Å². The summed E-state index contributed by atoms with van der Waals surface area (Å²) in [6.45, 7) is -0.191. The standard InChI is InChI=1S/C22H17F3N4O2/c1-28-11-26-27-20(28)16-8-15(16)13-3-2-4-14(7-13)29-9-18-17(21(29)31)5-12(10-30)6-19(18)22(23,24)25/h2-7,10-11,15-16H,8-9H2,1H3/t15-,16-/m1/s1. The van der Waals surface area contributed by atoms with Crippen molar-refractivity contribution in [1.82, 2.24) is 14.8 Å². The molecule has 1 aliphatic carbocycles. The largest absolute Gasteiger partial charge is 0.416 e. The lowest BCUT2D eigenvalue weighted by Gasteiger charge is -2.17. The van der Waals surface area contributed by atoms with E-state index in [4.69, 9.17) is 0 Å². The number of alkyl halides is 3. The predicted octanol–water partition coefficient (Wildman–Crippen LogP) is 4.08. The van der Waals surface area contributed by atoms with E-state index < -0.39 is 17.6 Å². The van der Waals surface area contributed by atoms with Crippen LogP contribution in [0.5, 0.6) is 0 Å². The Morgan fingerprint density at radius 3 is 2.65 bits per heavy atom. The molecule has 0 bridgehead atoms. The summed E-state index contributed by atoms with van der Waals surface area (Å²) >= 11 is 0. The Bertz CT molecular complexity index is 1220. The first kappa shape index (κ1) is 19.5. The van der Waals surface area contributed by atoms with Crippen molar-refractivity contribution in [3.05, 3.63) is 76.4 Å². The maximum absolute atomic E-state index is 13.5. The average Bonchev–Trinajstić information content (AvgIpc) is 3.31. The van der Waals surface area contributed by atoms with Crippen molar-refractivity contribution >= 4 is 17.9 Å². The number of fused-ring (bicyclic) bond motifs is 1. The molecule has 0 N–H and O–H groups in total. The van der Waals surface area contributed by atoms with E-state index in [1.807, 2.05) is 23.7 Å². The lowest BCUT2D eigenvalue weighted by Crippen LogP contribution is -2.23. The molecule has 0 unspecified atom stereocenters. The van der Waals surface area contributed by atoms with Crippen molar-refractivity contribution < 1.29 is 22.8 Å². The van der Waals surface area contributed by atoms with E-state index >= 15 is 0 Å². The summed E-state index contributed by atoms with van der Waals surface area (Å²) < 4.78 is 42.5. The molecule has 1 saturated carbocycles. The summed E-state index contributed by atoms with van der Waals surface area (Å²) in [5, 5.41) is 8.07. The molecule has 0 radical (unpaired) electrons. The number of nitrogens with zero attached hydrogens (tertiary/aromatic N) is 4. The van der Waals surface area contributed by atoms with E-state index in [-0.39, 0.29) is 35.1 Å². The van der Waals surface area contributed by atoms with Crippen LogP contribution in [0.4, 0.5) is 18.9 Å². The molecule has 5 rings (SSSR count). The highest BCUT2D eigenvalue weighted by Crippen LogP contribution is 2.54. The van der Waals surface area contributed by atoms with E-state index in [9.17, 15) is 22.8 Å². The molecule has 3 aromatic rings. The van der Waals surface area contributed by atoms with Crippen LogP contribution < -0.4 is 4.90 Å². The molecule has 2 aliphatic rings. The predicted molar refractivity (Wildman–Crippen MR) is 105 cm³/mol.